The van der Waals surface area contributed by atoms with Gasteiger partial charge in [0.1, 0.15) is 18.0 Å². The lowest BCUT2D eigenvalue weighted by Crippen LogP contribution is -2.36. The Hall–Kier alpha value is -3.22. The fourth-order valence-corrected chi connectivity index (χ4v) is 4.23. The van der Waals surface area contributed by atoms with Crippen molar-refractivity contribution in [2.24, 2.45) is 7.05 Å². The number of carbonyl (C=O) groups is 1. The van der Waals surface area contributed by atoms with Crippen LogP contribution in [0.25, 0.3) is 11.0 Å². The molecular formula is C22H25N3O4. The van der Waals surface area contributed by atoms with Gasteiger partial charge in [-0.15, -0.1) is 0 Å². The first-order chi connectivity index (χ1) is 14.0. The third-order valence-corrected chi connectivity index (χ3v) is 5.71. The molecule has 0 radical (unpaired) electrons. The van der Waals surface area contributed by atoms with Crippen molar-refractivity contribution in [1.82, 2.24) is 14.0 Å². The van der Waals surface area contributed by atoms with Gasteiger partial charge in [-0.1, -0.05) is 12.1 Å². The molecule has 1 unspecified atom stereocenters. The predicted octanol–water partition coefficient (Wildman–Crippen LogP) is 2.72. The lowest BCUT2D eigenvalue weighted by Gasteiger charge is -2.27. The maximum absolute atomic E-state index is 13.2. The minimum Gasteiger partial charge on any atom is -0.497 e. The summed E-state index contributed by atoms with van der Waals surface area (Å²) in [6.45, 7) is 0.673. The van der Waals surface area contributed by atoms with Crippen molar-refractivity contribution < 1.29 is 14.3 Å². The van der Waals surface area contributed by atoms with Crippen LogP contribution in [0.2, 0.25) is 0 Å². The molecule has 7 heteroatoms. The second kappa shape index (κ2) is 7.66. The summed E-state index contributed by atoms with van der Waals surface area (Å²) in [4.78, 5) is 27.8. The Bertz CT molecular complexity index is 1110. The van der Waals surface area contributed by atoms with Crippen molar-refractivity contribution in [3.63, 3.8) is 0 Å². The number of aromatic nitrogens is 2. The minimum absolute atomic E-state index is 0.0168. The van der Waals surface area contributed by atoms with Gasteiger partial charge in [0.15, 0.2) is 0 Å². The largest absolute Gasteiger partial charge is 0.497 e. The highest BCUT2D eigenvalue weighted by atomic mass is 16.5. The van der Waals surface area contributed by atoms with Gasteiger partial charge in [-0.2, -0.15) is 0 Å². The van der Waals surface area contributed by atoms with Crippen LogP contribution in [0, 0.1) is 0 Å². The molecular weight excluding hydrogens is 370 g/mol. The molecule has 0 N–H and O–H groups in total. The Kier molecular flexibility index (Phi) is 5.05. The molecule has 3 aromatic rings. The number of rotatable bonds is 5. The molecule has 29 heavy (non-hydrogen) atoms. The van der Waals surface area contributed by atoms with E-state index < -0.39 is 0 Å². The molecule has 1 aliphatic heterocycles. The highest BCUT2D eigenvalue weighted by molar-refractivity contribution is 5.81. The molecule has 1 fully saturated rings. The average Bonchev–Trinajstić information content (AvgIpc) is 3.33. The normalized spacial score (nSPS) is 16.4. The third-order valence-electron chi connectivity index (χ3n) is 5.71. The van der Waals surface area contributed by atoms with Gasteiger partial charge in [-0.25, -0.2) is 4.79 Å². The standard InChI is InChI=1S/C22H25N3O4/c1-23-18-7-4-5-8-19(18)25(22(23)27)14-21(26)24-12-6-9-17(24)16-13-15(28-2)10-11-20(16)29-3/h4-5,7-8,10-11,13,17H,6,9,12,14H2,1-3H3. The molecule has 152 valence electrons. The monoisotopic (exact) mass is 395 g/mol. The Balaban J connectivity index is 1.66. The number of para-hydroxylation sites is 2. The number of nitrogens with zero attached hydrogens (tertiary/aromatic N) is 3. The summed E-state index contributed by atoms with van der Waals surface area (Å²) >= 11 is 0. The van der Waals surface area contributed by atoms with Crippen LogP contribution in [-0.2, 0) is 18.4 Å². The van der Waals surface area contributed by atoms with Crippen molar-refractivity contribution in [2.45, 2.75) is 25.4 Å². The van der Waals surface area contributed by atoms with Gasteiger partial charge in [0, 0.05) is 19.2 Å². The maximum Gasteiger partial charge on any atom is 0.329 e. The molecule has 0 bridgehead atoms. The first kappa shape index (κ1) is 19.1. The number of amides is 1. The lowest BCUT2D eigenvalue weighted by molar-refractivity contribution is -0.132. The summed E-state index contributed by atoms with van der Waals surface area (Å²) in [6.07, 6.45) is 1.75. The Morgan fingerprint density at radius 3 is 2.59 bits per heavy atom. The fraction of sp³-hybridized carbons (Fsp3) is 0.364. The van der Waals surface area contributed by atoms with E-state index in [9.17, 15) is 9.59 Å². The van der Waals surface area contributed by atoms with Crippen LogP contribution in [0.1, 0.15) is 24.4 Å². The van der Waals surface area contributed by atoms with Crippen LogP contribution in [0.4, 0.5) is 0 Å². The zero-order valence-corrected chi connectivity index (χ0v) is 16.9. The Labute approximate surface area is 169 Å². The van der Waals surface area contributed by atoms with Crippen molar-refractivity contribution in [3.05, 3.63) is 58.5 Å². The van der Waals surface area contributed by atoms with Gasteiger partial charge in [0.05, 0.1) is 31.3 Å². The topological polar surface area (TPSA) is 65.7 Å². The molecule has 0 aliphatic carbocycles. The van der Waals surface area contributed by atoms with Crippen molar-refractivity contribution >= 4 is 16.9 Å². The molecule has 7 nitrogen and oxygen atoms in total. The van der Waals surface area contributed by atoms with Crippen LogP contribution in [-0.4, -0.2) is 40.7 Å². The zero-order valence-electron chi connectivity index (χ0n) is 16.9. The van der Waals surface area contributed by atoms with Crippen LogP contribution >= 0.6 is 0 Å². The number of ether oxygens (including phenoxy) is 2. The van der Waals surface area contributed by atoms with Gasteiger partial charge in [0.2, 0.25) is 5.91 Å². The van der Waals surface area contributed by atoms with Crippen LogP contribution < -0.4 is 15.2 Å². The molecule has 1 atom stereocenters. The number of benzene rings is 2. The van der Waals surface area contributed by atoms with Crippen LogP contribution in [0.15, 0.2) is 47.3 Å². The van der Waals surface area contributed by atoms with E-state index in [1.807, 2.05) is 47.4 Å². The predicted molar refractivity (Wildman–Crippen MR) is 110 cm³/mol. The van der Waals surface area contributed by atoms with Gasteiger partial charge < -0.3 is 14.4 Å². The second-order valence-corrected chi connectivity index (χ2v) is 7.27. The first-order valence-corrected chi connectivity index (χ1v) is 9.70. The summed E-state index contributed by atoms with van der Waals surface area (Å²) in [6, 6.07) is 13.1. The van der Waals surface area contributed by atoms with Crippen molar-refractivity contribution in [2.75, 3.05) is 20.8 Å². The highest BCUT2D eigenvalue weighted by Crippen LogP contribution is 2.39. The van der Waals surface area contributed by atoms with Crippen molar-refractivity contribution in [3.8, 4) is 11.5 Å². The minimum atomic E-state index is -0.186. The SMILES string of the molecule is COc1ccc(OC)c(C2CCCN2C(=O)Cn2c(=O)n(C)c3ccccc32)c1. The molecule has 2 aromatic carbocycles. The fourth-order valence-electron chi connectivity index (χ4n) is 4.23. The summed E-state index contributed by atoms with van der Waals surface area (Å²) in [5.41, 5.74) is 2.33. The number of likely N-dealkylation sites (tertiary alicyclic amines) is 1. The summed E-state index contributed by atoms with van der Waals surface area (Å²) in [5, 5.41) is 0. The molecule has 1 saturated heterocycles. The molecule has 1 amide bonds. The summed E-state index contributed by atoms with van der Waals surface area (Å²) < 4.78 is 14.0. The third kappa shape index (κ3) is 3.26. The zero-order chi connectivity index (χ0) is 20.5. The molecule has 0 saturated carbocycles. The number of hydrogen-bond donors (Lipinski definition) is 0. The Morgan fingerprint density at radius 2 is 1.86 bits per heavy atom. The summed E-state index contributed by atoms with van der Waals surface area (Å²) in [7, 11) is 4.98. The van der Waals surface area contributed by atoms with Gasteiger partial charge in [0.25, 0.3) is 0 Å². The van der Waals surface area contributed by atoms with Crippen LogP contribution in [0.5, 0.6) is 11.5 Å². The van der Waals surface area contributed by atoms with Gasteiger partial charge >= 0.3 is 5.69 Å². The van der Waals surface area contributed by atoms with E-state index in [0.29, 0.717) is 6.54 Å². The molecule has 1 aromatic heterocycles. The number of imidazole rings is 1. The number of methoxy groups -OCH3 is 2. The summed E-state index contributed by atoms with van der Waals surface area (Å²) in [5.74, 6) is 1.39. The molecule has 1 aliphatic rings. The maximum atomic E-state index is 13.2. The highest BCUT2D eigenvalue weighted by Gasteiger charge is 2.32. The average molecular weight is 395 g/mol. The molecule has 2 heterocycles. The van der Waals surface area contributed by atoms with E-state index in [0.717, 1.165) is 40.9 Å². The Morgan fingerprint density at radius 1 is 1.10 bits per heavy atom. The van der Waals surface area contributed by atoms with E-state index in [2.05, 4.69) is 0 Å². The van der Waals surface area contributed by atoms with E-state index in [1.54, 1.807) is 30.4 Å². The van der Waals surface area contributed by atoms with E-state index in [1.165, 1.54) is 0 Å². The number of aryl methyl sites for hydroxylation is 1. The molecule has 0 spiro atoms. The van der Waals surface area contributed by atoms with E-state index in [-0.39, 0.29) is 24.2 Å². The lowest BCUT2D eigenvalue weighted by atomic mass is 10.0. The smallest absolute Gasteiger partial charge is 0.329 e. The second-order valence-electron chi connectivity index (χ2n) is 7.27. The quantitative estimate of drug-likeness (QED) is 0.666. The van der Waals surface area contributed by atoms with Gasteiger partial charge in [-0.05, 0) is 43.2 Å². The van der Waals surface area contributed by atoms with Crippen LogP contribution in [0.3, 0.4) is 0 Å². The van der Waals surface area contributed by atoms with Crippen molar-refractivity contribution in [1.29, 1.82) is 0 Å². The van der Waals surface area contributed by atoms with E-state index in [4.69, 9.17) is 9.47 Å². The number of carbonyl (C=O) groups excluding carboxylic acids is 1. The number of fused-ring (bicyclic) bond motifs is 1. The number of hydrogen-bond acceptors (Lipinski definition) is 4. The van der Waals surface area contributed by atoms with Gasteiger partial charge in [-0.3, -0.25) is 13.9 Å². The molecule has 4 rings (SSSR count). The van der Waals surface area contributed by atoms with E-state index >= 15 is 0 Å². The first-order valence-electron chi connectivity index (χ1n) is 9.70.